The number of benzene rings is 1. The molecule has 3 atom stereocenters. The molecule has 140 valence electrons. The molecule has 6 heteroatoms. The zero-order valence-corrected chi connectivity index (χ0v) is 15.7. The summed E-state index contributed by atoms with van der Waals surface area (Å²) in [5, 5.41) is 5.90. The van der Waals surface area contributed by atoms with Gasteiger partial charge in [0.25, 0.3) is 5.91 Å². The van der Waals surface area contributed by atoms with Crippen LogP contribution in [-0.2, 0) is 4.74 Å². The molecule has 3 rings (SSSR count). The largest absolute Gasteiger partial charge is 0.444 e. The van der Waals surface area contributed by atoms with Crippen LogP contribution >= 0.6 is 0 Å². The Morgan fingerprint density at radius 1 is 1.19 bits per heavy atom. The van der Waals surface area contributed by atoms with Crippen LogP contribution in [0.15, 0.2) is 24.3 Å². The maximum atomic E-state index is 13.3. The lowest BCUT2D eigenvalue weighted by Crippen LogP contribution is -2.55. The van der Waals surface area contributed by atoms with E-state index >= 15 is 0 Å². The number of carbonyl (C=O) groups is 3. The van der Waals surface area contributed by atoms with Crippen LogP contribution in [0.3, 0.4) is 0 Å². The van der Waals surface area contributed by atoms with Crippen molar-refractivity contribution in [3.05, 3.63) is 35.4 Å². The summed E-state index contributed by atoms with van der Waals surface area (Å²) in [5.74, 6) is -0.256. The number of amides is 2. The Balaban J connectivity index is 1.83. The van der Waals surface area contributed by atoms with E-state index in [2.05, 4.69) is 10.6 Å². The second kappa shape index (κ2) is 6.41. The van der Waals surface area contributed by atoms with Crippen LogP contribution in [0.2, 0.25) is 0 Å². The summed E-state index contributed by atoms with van der Waals surface area (Å²) in [7, 11) is 0. The van der Waals surface area contributed by atoms with Crippen LogP contribution in [0.1, 0.15) is 67.7 Å². The minimum absolute atomic E-state index is 0.0489. The van der Waals surface area contributed by atoms with Gasteiger partial charge in [0.1, 0.15) is 5.60 Å². The number of ketones is 1. The number of nitrogens with one attached hydrogen (secondary N) is 2. The second-order valence-electron chi connectivity index (χ2n) is 8.44. The van der Waals surface area contributed by atoms with E-state index in [1.165, 1.54) is 0 Å². The predicted molar refractivity (Wildman–Crippen MR) is 97.1 cm³/mol. The van der Waals surface area contributed by atoms with Gasteiger partial charge in [-0.1, -0.05) is 25.1 Å². The quantitative estimate of drug-likeness (QED) is 0.808. The molecular formula is C20H26N2O4. The highest BCUT2D eigenvalue weighted by Gasteiger charge is 2.49. The minimum Gasteiger partial charge on any atom is -0.444 e. The van der Waals surface area contributed by atoms with Gasteiger partial charge in [0.2, 0.25) is 0 Å². The Labute approximate surface area is 153 Å². The molecule has 2 aliphatic rings. The molecule has 26 heavy (non-hydrogen) atoms. The zero-order chi connectivity index (χ0) is 19.1. The summed E-state index contributed by atoms with van der Waals surface area (Å²) in [6, 6.07) is 6.50. The summed E-state index contributed by atoms with van der Waals surface area (Å²) in [6.45, 7) is 7.32. The lowest BCUT2D eigenvalue weighted by atomic mass is 9.66. The Bertz CT molecular complexity index is 752. The number of rotatable bonds is 1. The highest BCUT2D eigenvalue weighted by molar-refractivity contribution is 6.12. The highest BCUT2D eigenvalue weighted by atomic mass is 16.6. The van der Waals surface area contributed by atoms with Crippen LogP contribution in [0.5, 0.6) is 0 Å². The number of Topliss-reactive ketones (excluding diaryl/α,β-unsaturated/α-hetero) is 1. The van der Waals surface area contributed by atoms with E-state index in [4.69, 9.17) is 4.74 Å². The average molecular weight is 358 g/mol. The van der Waals surface area contributed by atoms with Gasteiger partial charge in [0, 0.05) is 17.6 Å². The lowest BCUT2D eigenvalue weighted by molar-refractivity contribution is 0.0409. The van der Waals surface area contributed by atoms with E-state index in [-0.39, 0.29) is 23.8 Å². The molecule has 0 spiro atoms. The SMILES string of the molecule is CC(C)(C)OC(=O)N[C@@H]1CC[C@H]2NC(=O)c3ccccc3C(=O)[C@@]2(C)C1. The van der Waals surface area contributed by atoms with Crippen molar-refractivity contribution in [3.8, 4) is 0 Å². The van der Waals surface area contributed by atoms with E-state index < -0.39 is 17.1 Å². The van der Waals surface area contributed by atoms with Gasteiger partial charge >= 0.3 is 6.09 Å². The fourth-order valence-electron chi connectivity index (χ4n) is 3.95. The molecule has 6 nitrogen and oxygen atoms in total. The Morgan fingerprint density at radius 2 is 1.85 bits per heavy atom. The molecule has 2 N–H and O–H groups in total. The molecule has 1 heterocycles. The van der Waals surface area contributed by atoms with Crippen molar-refractivity contribution >= 4 is 17.8 Å². The van der Waals surface area contributed by atoms with E-state index in [0.29, 0.717) is 30.4 Å². The fourth-order valence-corrected chi connectivity index (χ4v) is 3.95. The zero-order valence-electron chi connectivity index (χ0n) is 15.7. The average Bonchev–Trinajstić information content (AvgIpc) is 2.61. The van der Waals surface area contributed by atoms with Gasteiger partial charge in [-0.15, -0.1) is 0 Å². The number of carbonyl (C=O) groups excluding carboxylic acids is 3. The van der Waals surface area contributed by atoms with Gasteiger partial charge in [-0.3, -0.25) is 9.59 Å². The first-order valence-electron chi connectivity index (χ1n) is 9.04. The van der Waals surface area contributed by atoms with Crippen molar-refractivity contribution in [1.29, 1.82) is 0 Å². The van der Waals surface area contributed by atoms with Crippen molar-refractivity contribution < 1.29 is 19.1 Å². The third-order valence-corrected chi connectivity index (χ3v) is 5.20. The third-order valence-electron chi connectivity index (χ3n) is 5.20. The van der Waals surface area contributed by atoms with Gasteiger partial charge in [0.15, 0.2) is 5.78 Å². The van der Waals surface area contributed by atoms with Gasteiger partial charge in [-0.2, -0.15) is 0 Å². The van der Waals surface area contributed by atoms with Crippen molar-refractivity contribution in [1.82, 2.24) is 10.6 Å². The summed E-state index contributed by atoms with van der Waals surface area (Å²) in [4.78, 5) is 37.9. The molecule has 0 aromatic heterocycles. The van der Waals surface area contributed by atoms with Gasteiger partial charge in [0.05, 0.1) is 11.0 Å². The maximum absolute atomic E-state index is 13.3. The summed E-state index contributed by atoms with van der Waals surface area (Å²) in [5.41, 5.74) is -0.464. The van der Waals surface area contributed by atoms with E-state index in [9.17, 15) is 14.4 Å². The molecule has 1 aromatic carbocycles. The topological polar surface area (TPSA) is 84.5 Å². The number of alkyl carbamates (subject to hydrolysis) is 1. The molecule has 0 saturated heterocycles. The highest BCUT2D eigenvalue weighted by Crippen LogP contribution is 2.41. The molecule has 1 aromatic rings. The van der Waals surface area contributed by atoms with Gasteiger partial charge < -0.3 is 15.4 Å². The normalized spacial score (nSPS) is 28.3. The van der Waals surface area contributed by atoms with Crippen LogP contribution in [-0.4, -0.2) is 35.5 Å². The molecule has 1 saturated carbocycles. The molecule has 0 bridgehead atoms. The first-order chi connectivity index (χ1) is 12.1. The fraction of sp³-hybridized carbons (Fsp3) is 0.550. The molecule has 0 radical (unpaired) electrons. The molecule has 1 fully saturated rings. The van der Waals surface area contributed by atoms with Crippen molar-refractivity contribution in [2.24, 2.45) is 5.41 Å². The summed E-state index contributed by atoms with van der Waals surface area (Å²) in [6.07, 6.45) is 1.30. The van der Waals surface area contributed by atoms with E-state index in [1.807, 2.05) is 27.7 Å². The van der Waals surface area contributed by atoms with Crippen LogP contribution in [0, 0.1) is 5.41 Å². The predicted octanol–water partition coefficient (Wildman–Crippen LogP) is 3.06. The number of hydrogen-bond donors (Lipinski definition) is 2. The van der Waals surface area contributed by atoms with Crippen LogP contribution in [0.4, 0.5) is 4.79 Å². The van der Waals surface area contributed by atoms with Crippen molar-refractivity contribution in [2.45, 2.75) is 64.6 Å². The maximum Gasteiger partial charge on any atom is 0.407 e. The Morgan fingerprint density at radius 3 is 2.50 bits per heavy atom. The Kier molecular flexibility index (Phi) is 4.54. The van der Waals surface area contributed by atoms with Gasteiger partial charge in [-0.25, -0.2) is 4.79 Å². The molecule has 1 aliphatic heterocycles. The van der Waals surface area contributed by atoms with E-state index in [1.54, 1.807) is 24.3 Å². The minimum atomic E-state index is -0.764. The van der Waals surface area contributed by atoms with Crippen LogP contribution < -0.4 is 10.6 Å². The molecule has 1 aliphatic carbocycles. The van der Waals surface area contributed by atoms with Crippen LogP contribution in [0.25, 0.3) is 0 Å². The van der Waals surface area contributed by atoms with Gasteiger partial charge in [-0.05, 0) is 46.1 Å². The van der Waals surface area contributed by atoms with E-state index in [0.717, 1.165) is 0 Å². The number of ether oxygens (including phenoxy) is 1. The lowest BCUT2D eigenvalue weighted by Gasteiger charge is -2.42. The first-order valence-corrected chi connectivity index (χ1v) is 9.04. The Hall–Kier alpha value is -2.37. The second-order valence-corrected chi connectivity index (χ2v) is 8.44. The van der Waals surface area contributed by atoms with Crippen molar-refractivity contribution in [3.63, 3.8) is 0 Å². The monoisotopic (exact) mass is 358 g/mol. The van der Waals surface area contributed by atoms with Crippen molar-refractivity contribution in [2.75, 3.05) is 0 Å². The number of hydrogen-bond acceptors (Lipinski definition) is 4. The number of fused-ring (bicyclic) bond motifs is 2. The molecule has 0 unspecified atom stereocenters. The molecular weight excluding hydrogens is 332 g/mol. The smallest absolute Gasteiger partial charge is 0.407 e. The third kappa shape index (κ3) is 3.45. The first kappa shape index (κ1) is 18.4. The summed E-state index contributed by atoms with van der Waals surface area (Å²) >= 11 is 0. The standard InChI is InChI=1S/C20H26N2O4/c1-19(2,3)26-18(25)21-12-9-10-15-20(4,11-12)16(23)13-7-5-6-8-14(13)17(24)22-15/h5-8,12,15H,9-11H2,1-4H3,(H,21,25)(H,22,24)/t12-,15-,20+/m1/s1. The summed E-state index contributed by atoms with van der Waals surface area (Å²) < 4.78 is 5.33. The molecule has 2 amide bonds.